The van der Waals surface area contributed by atoms with E-state index in [1.807, 2.05) is 25.1 Å². The van der Waals surface area contributed by atoms with E-state index in [-0.39, 0.29) is 0 Å². The average molecular weight is 296 g/mol. The zero-order valence-corrected chi connectivity index (χ0v) is 12.0. The Morgan fingerprint density at radius 1 is 1.05 bits per heavy atom. The van der Waals surface area contributed by atoms with Crippen LogP contribution >= 0.6 is 11.6 Å². The Balaban J connectivity index is 1.84. The maximum atomic E-state index is 13.0. The quantitative estimate of drug-likeness (QED) is 0.813. The van der Waals surface area contributed by atoms with Crippen molar-refractivity contribution in [1.82, 2.24) is 5.32 Å². The van der Waals surface area contributed by atoms with Crippen LogP contribution in [-0.4, -0.2) is 6.54 Å². The first kappa shape index (κ1) is 14.9. The van der Waals surface area contributed by atoms with Crippen LogP contribution in [0.1, 0.15) is 16.7 Å². The molecule has 0 aliphatic heterocycles. The van der Waals surface area contributed by atoms with Gasteiger partial charge in [0.05, 0.1) is 0 Å². The fraction of sp³-hybridized carbons (Fsp3) is 0.250. The van der Waals surface area contributed by atoms with Gasteiger partial charge in [-0.2, -0.15) is 0 Å². The molecule has 0 radical (unpaired) electrons. The van der Waals surface area contributed by atoms with Crippen LogP contribution in [0, 0.1) is 18.6 Å². The second-order valence-electron chi connectivity index (χ2n) is 4.78. The molecule has 0 bridgehead atoms. The molecule has 0 unspecified atom stereocenters. The summed E-state index contributed by atoms with van der Waals surface area (Å²) >= 11 is 5.90. The Morgan fingerprint density at radius 3 is 2.40 bits per heavy atom. The summed E-state index contributed by atoms with van der Waals surface area (Å²) in [5.74, 6) is -1.07. The van der Waals surface area contributed by atoms with E-state index in [0.29, 0.717) is 25.1 Å². The van der Waals surface area contributed by atoms with Gasteiger partial charge in [0.2, 0.25) is 0 Å². The predicted molar refractivity (Wildman–Crippen MR) is 78.0 cm³/mol. The zero-order valence-electron chi connectivity index (χ0n) is 11.2. The van der Waals surface area contributed by atoms with Crippen molar-refractivity contribution >= 4 is 11.6 Å². The number of aryl methyl sites for hydroxylation is 1. The van der Waals surface area contributed by atoms with Crippen LogP contribution in [0.3, 0.4) is 0 Å². The molecule has 0 aliphatic rings. The highest BCUT2D eigenvalue weighted by molar-refractivity contribution is 6.30. The van der Waals surface area contributed by atoms with Crippen molar-refractivity contribution in [2.75, 3.05) is 6.54 Å². The number of hydrogen-bond acceptors (Lipinski definition) is 1. The Kier molecular flexibility index (Phi) is 5.10. The fourth-order valence-corrected chi connectivity index (χ4v) is 2.30. The van der Waals surface area contributed by atoms with E-state index in [9.17, 15) is 8.78 Å². The molecule has 20 heavy (non-hydrogen) atoms. The molecule has 0 aromatic heterocycles. The summed E-state index contributed by atoms with van der Waals surface area (Å²) in [7, 11) is 0. The second kappa shape index (κ2) is 6.82. The molecule has 1 nitrogen and oxygen atoms in total. The van der Waals surface area contributed by atoms with Gasteiger partial charge in [0.1, 0.15) is 11.6 Å². The summed E-state index contributed by atoms with van der Waals surface area (Å²) in [6, 6.07) is 9.35. The normalized spacial score (nSPS) is 10.8. The van der Waals surface area contributed by atoms with E-state index in [0.717, 1.165) is 16.7 Å². The lowest BCUT2D eigenvalue weighted by Crippen LogP contribution is -2.17. The van der Waals surface area contributed by atoms with Gasteiger partial charge in [-0.25, -0.2) is 8.78 Å². The summed E-state index contributed by atoms with van der Waals surface area (Å²) in [4.78, 5) is 0. The Labute approximate surface area is 122 Å². The molecule has 106 valence electrons. The van der Waals surface area contributed by atoms with E-state index < -0.39 is 11.6 Å². The van der Waals surface area contributed by atoms with Crippen LogP contribution < -0.4 is 5.32 Å². The highest BCUT2D eigenvalue weighted by Gasteiger charge is 2.02. The van der Waals surface area contributed by atoms with Gasteiger partial charge in [0.25, 0.3) is 0 Å². The molecule has 0 atom stereocenters. The van der Waals surface area contributed by atoms with Crippen LogP contribution in [0.2, 0.25) is 5.02 Å². The first-order valence-corrected chi connectivity index (χ1v) is 6.83. The maximum Gasteiger partial charge on any atom is 0.126 e. The maximum absolute atomic E-state index is 13.0. The number of benzene rings is 2. The predicted octanol–water partition coefficient (Wildman–Crippen LogP) is 4.26. The highest BCUT2D eigenvalue weighted by atomic mass is 35.5. The van der Waals surface area contributed by atoms with Gasteiger partial charge in [0, 0.05) is 17.6 Å². The van der Waals surface area contributed by atoms with E-state index >= 15 is 0 Å². The van der Waals surface area contributed by atoms with Crippen LogP contribution in [0.4, 0.5) is 8.78 Å². The van der Waals surface area contributed by atoms with Crippen LogP contribution in [0.15, 0.2) is 36.4 Å². The monoisotopic (exact) mass is 295 g/mol. The lowest BCUT2D eigenvalue weighted by atomic mass is 10.1. The molecule has 4 heteroatoms. The van der Waals surface area contributed by atoms with Crippen molar-refractivity contribution in [2.45, 2.75) is 19.9 Å². The van der Waals surface area contributed by atoms with E-state index in [2.05, 4.69) is 5.32 Å². The highest BCUT2D eigenvalue weighted by Crippen LogP contribution is 2.15. The second-order valence-corrected chi connectivity index (χ2v) is 5.21. The smallest absolute Gasteiger partial charge is 0.126 e. The van der Waals surface area contributed by atoms with Gasteiger partial charge in [-0.15, -0.1) is 0 Å². The molecular weight excluding hydrogens is 280 g/mol. The molecule has 0 aliphatic carbocycles. The standard InChI is InChI=1S/C16H16ClF2N/c1-11-6-14(17)3-2-13(11)10-20-5-4-12-7-15(18)9-16(19)8-12/h2-3,6-9,20H,4-5,10H2,1H3. The van der Waals surface area contributed by atoms with E-state index in [1.165, 1.54) is 17.7 Å². The third-order valence-corrected chi connectivity index (χ3v) is 3.37. The van der Waals surface area contributed by atoms with Crippen molar-refractivity contribution < 1.29 is 8.78 Å². The summed E-state index contributed by atoms with van der Waals surface area (Å²) in [5.41, 5.74) is 2.95. The third-order valence-electron chi connectivity index (χ3n) is 3.13. The Morgan fingerprint density at radius 2 is 1.75 bits per heavy atom. The summed E-state index contributed by atoms with van der Waals surface area (Å²) in [6.07, 6.45) is 0.585. The van der Waals surface area contributed by atoms with Gasteiger partial charge < -0.3 is 5.32 Å². The molecule has 0 fully saturated rings. The number of nitrogens with one attached hydrogen (secondary N) is 1. The minimum atomic E-state index is -0.534. The molecular formula is C16H16ClF2N. The van der Waals surface area contributed by atoms with E-state index in [4.69, 9.17) is 11.6 Å². The van der Waals surface area contributed by atoms with Crippen LogP contribution in [0.25, 0.3) is 0 Å². The fourth-order valence-electron chi connectivity index (χ4n) is 2.07. The molecule has 2 aromatic rings. The van der Waals surface area contributed by atoms with Crippen molar-refractivity contribution in [3.63, 3.8) is 0 Å². The molecule has 0 heterocycles. The minimum Gasteiger partial charge on any atom is -0.312 e. The Bertz CT molecular complexity index is 579. The molecule has 0 saturated carbocycles. The van der Waals surface area contributed by atoms with Crippen molar-refractivity contribution in [3.05, 3.63) is 69.7 Å². The van der Waals surface area contributed by atoms with Crippen molar-refractivity contribution in [3.8, 4) is 0 Å². The molecule has 2 rings (SSSR count). The van der Waals surface area contributed by atoms with Crippen molar-refractivity contribution in [1.29, 1.82) is 0 Å². The molecule has 0 saturated heterocycles. The molecule has 1 N–H and O–H groups in total. The summed E-state index contributed by atoms with van der Waals surface area (Å²) < 4.78 is 26.0. The van der Waals surface area contributed by atoms with Gasteiger partial charge >= 0.3 is 0 Å². The largest absolute Gasteiger partial charge is 0.312 e. The lowest BCUT2D eigenvalue weighted by molar-refractivity contribution is 0.577. The summed E-state index contributed by atoms with van der Waals surface area (Å²) in [5, 5.41) is 3.98. The van der Waals surface area contributed by atoms with Crippen LogP contribution in [-0.2, 0) is 13.0 Å². The SMILES string of the molecule is Cc1cc(Cl)ccc1CNCCc1cc(F)cc(F)c1. The number of halogens is 3. The number of hydrogen-bond donors (Lipinski definition) is 1. The first-order valence-electron chi connectivity index (χ1n) is 6.45. The van der Waals surface area contributed by atoms with Crippen molar-refractivity contribution in [2.24, 2.45) is 0 Å². The third kappa shape index (κ3) is 4.29. The molecule has 0 amide bonds. The Hall–Kier alpha value is -1.45. The topological polar surface area (TPSA) is 12.0 Å². The minimum absolute atomic E-state index is 0.534. The van der Waals surface area contributed by atoms with E-state index in [1.54, 1.807) is 0 Å². The van der Waals surface area contributed by atoms with Gasteiger partial charge in [-0.1, -0.05) is 17.7 Å². The van der Waals surface area contributed by atoms with Gasteiger partial charge in [-0.05, 0) is 60.8 Å². The van der Waals surface area contributed by atoms with Gasteiger partial charge in [-0.3, -0.25) is 0 Å². The van der Waals surface area contributed by atoms with Gasteiger partial charge in [0.15, 0.2) is 0 Å². The number of rotatable bonds is 5. The van der Waals surface area contributed by atoms with Crippen LogP contribution in [0.5, 0.6) is 0 Å². The lowest BCUT2D eigenvalue weighted by Gasteiger charge is -2.08. The molecule has 0 spiro atoms. The summed E-state index contributed by atoms with van der Waals surface area (Å²) in [6.45, 7) is 3.37. The average Bonchev–Trinajstić information content (AvgIpc) is 2.35. The zero-order chi connectivity index (χ0) is 14.5. The first-order chi connectivity index (χ1) is 9.54. The molecule has 2 aromatic carbocycles.